The summed E-state index contributed by atoms with van der Waals surface area (Å²) in [6.45, 7) is 4.05. The number of likely N-dealkylation sites (N-methyl/N-ethyl adjacent to an activating group) is 1. The summed E-state index contributed by atoms with van der Waals surface area (Å²) in [6.07, 6.45) is 1.65. The Morgan fingerprint density at radius 3 is 2.76 bits per heavy atom. The summed E-state index contributed by atoms with van der Waals surface area (Å²) in [6, 6.07) is 7.20. The standard InChI is InChI=1S/C15H19N3O3/c1-4-17(9-14(19)21-3)15(20)11(2)18-10-16-12-7-5-6-8-13(12)18/h5-8,10-11H,4,9H2,1-3H3. The van der Waals surface area contributed by atoms with E-state index in [1.54, 1.807) is 13.3 Å². The van der Waals surface area contributed by atoms with E-state index in [1.165, 1.54) is 12.0 Å². The number of amides is 1. The molecule has 6 nitrogen and oxygen atoms in total. The number of para-hydroxylation sites is 2. The molecule has 6 heteroatoms. The summed E-state index contributed by atoms with van der Waals surface area (Å²) in [5, 5.41) is 0. The molecule has 1 atom stereocenters. The van der Waals surface area contributed by atoms with Crippen LogP contribution < -0.4 is 0 Å². The third-order valence-corrected chi connectivity index (χ3v) is 3.50. The topological polar surface area (TPSA) is 64.4 Å². The number of hydrogen-bond acceptors (Lipinski definition) is 4. The molecule has 0 aliphatic heterocycles. The van der Waals surface area contributed by atoms with Crippen molar-refractivity contribution in [3.05, 3.63) is 30.6 Å². The fourth-order valence-corrected chi connectivity index (χ4v) is 2.24. The van der Waals surface area contributed by atoms with Crippen LogP contribution in [0.2, 0.25) is 0 Å². The van der Waals surface area contributed by atoms with Crippen LogP contribution in [0.4, 0.5) is 0 Å². The zero-order valence-corrected chi connectivity index (χ0v) is 12.4. The van der Waals surface area contributed by atoms with Crippen molar-refractivity contribution in [1.82, 2.24) is 14.5 Å². The van der Waals surface area contributed by atoms with Crippen molar-refractivity contribution in [3.8, 4) is 0 Å². The van der Waals surface area contributed by atoms with Gasteiger partial charge in [0.1, 0.15) is 12.6 Å². The van der Waals surface area contributed by atoms with Crippen LogP contribution in [0.15, 0.2) is 30.6 Å². The lowest BCUT2D eigenvalue weighted by Crippen LogP contribution is -2.39. The maximum atomic E-state index is 12.5. The molecular weight excluding hydrogens is 270 g/mol. The number of ether oxygens (including phenoxy) is 1. The number of methoxy groups -OCH3 is 1. The molecule has 2 rings (SSSR count). The van der Waals surface area contributed by atoms with Gasteiger partial charge in [-0.2, -0.15) is 0 Å². The minimum Gasteiger partial charge on any atom is -0.468 e. The monoisotopic (exact) mass is 289 g/mol. The van der Waals surface area contributed by atoms with Crippen LogP contribution in [-0.4, -0.2) is 46.5 Å². The summed E-state index contributed by atoms with van der Waals surface area (Å²) >= 11 is 0. The molecule has 0 fully saturated rings. The van der Waals surface area contributed by atoms with E-state index >= 15 is 0 Å². The average Bonchev–Trinajstić information content (AvgIpc) is 2.94. The predicted molar refractivity (Wildman–Crippen MR) is 78.7 cm³/mol. The SMILES string of the molecule is CCN(CC(=O)OC)C(=O)C(C)n1cnc2ccccc21. The van der Waals surface area contributed by atoms with Gasteiger partial charge in [0.15, 0.2) is 0 Å². The number of imidazole rings is 1. The maximum absolute atomic E-state index is 12.5. The minimum atomic E-state index is -0.429. The Balaban J connectivity index is 2.23. The Kier molecular flexibility index (Phi) is 4.57. The van der Waals surface area contributed by atoms with Gasteiger partial charge in [-0.05, 0) is 26.0 Å². The zero-order valence-electron chi connectivity index (χ0n) is 12.4. The van der Waals surface area contributed by atoms with E-state index < -0.39 is 12.0 Å². The van der Waals surface area contributed by atoms with Gasteiger partial charge in [0.25, 0.3) is 0 Å². The molecule has 0 aliphatic carbocycles. The van der Waals surface area contributed by atoms with E-state index in [4.69, 9.17) is 0 Å². The van der Waals surface area contributed by atoms with Crippen LogP contribution in [-0.2, 0) is 14.3 Å². The van der Waals surface area contributed by atoms with Gasteiger partial charge in [-0.3, -0.25) is 9.59 Å². The number of esters is 1. The lowest BCUT2D eigenvalue weighted by atomic mass is 10.2. The second-order valence-corrected chi connectivity index (χ2v) is 4.75. The lowest BCUT2D eigenvalue weighted by molar-refractivity contribution is -0.147. The summed E-state index contributed by atoms with van der Waals surface area (Å²) in [7, 11) is 1.31. The molecule has 21 heavy (non-hydrogen) atoms. The molecule has 1 amide bonds. The molecule has 1 aromatic heterocycles. The highest BCUT2D eigenvalue weighted by Gasteiger charge is 2.24. The van der Waals surface area contributed by atoms with Crippen molar-refractivity contribution in [2.75, 3.05) is 20.2 Å². The highest BCUT2D eigenvalue weighted by Crippen LogP contribution is 2.19. The molecule has 1 aromatic carbocycles. The summed E-state index contributed by atoms with van der Waals surface area (Å²) in [5.74, 6) is -0.557. The molecule has 0 saturated carbocycles. The first-order valence-corrected chi connectivity index (χ1v) is 6.85. The predicted octanol–water partition coefficient (Wildman–Crippen LogP) is 1.62. The van der Waals surface area contributed by atoms with E-state index in [0.29, 0.717) is 6.54 Å². The Morgan fingerprint density at radius 2 is 2.10 bits per heavy atom. The largest absolute Gasteiger partial charge is 0.468 e. The Morgan fingerprint density at radius 1 is 1.38 bits per heavy atom. The van der Waals surface area contributed by atoms with Crippen molar-refractivity contribution in [2.24, 2.45) is 0 Å². The van der Waals surface area contributed by atoms with Crippen LogP contribution in [0.25, 0.3) is 11.0 Å². The first-order valence-electron chi connectivity index (χ1n) is 6.85. The van der Waals surface area contributed by atoms with E-state index in [9.17, 15) is 9.59 Å². The Bertz CT molecular complexity index is 650. The van der Waals surface area contributed by atoms with Gasteiger partial charge in [0, 0.05) is 6.54 Å². The van der Waals surface area contributed by atoms with Crippen molar-refractivity contribution in [1.29, 1.82) is 0 Å². The number of hydrogen-bond donors (Lipinski definition) is 0. The third-order valence-electron chi connectivity index (χ3n) is 3.50. The van der Waals surface area contributed by atoms with E-state index in [2.05, 4.69) is 9.72 Å². The summed E-state index contributed by atoms with van der Waals surface area (Å²) in [5.41, 5.74) is 1.74. The van der Waals surface area contributed by atoms with Gasteiger partial charge < -0.3 is 14.2 Å². The normalized spacial score (nSPS) is 12.1. The molecular formula is C15H19N3O3. The molecule has 1 unspecified atom stereocenters. The molecule has 1 heterocycles. The van der Waals surface area contributed by atoms with Crippen LogP contribution in [0.5, 0.6) is 0 Å². The summed E-state index contributed by atoms with van der Waals surface area (Å²) < 4.78 is 6.44. The highest BCUT2D eigenvalue weighted by atomic mass is 16.5. The number of nitrogens with zero attached hydrogens (tertiary/aromatic N) is 3. The molecule has 0 bridgehead atoms. The minimum absolute atomic E-state index is 0.0389. The van der Waals surface area contributed by atoms with Gasteiger partial charge in [-0.25, -0.2) is 4.98 Å². The van der Waals surface area contributed by atoms with Gasteiger partial charge >= 0.3 is 5.97 Å². The van der Waals surface area contributed by atoms with Crippen molar-refractivity contribution < 1.29 is 14.3 Å². The fourth-order valence-electron chi connectivity index (χ4n) is 2.24. The summed E-state index contributed by atoms with van der Waals surface area (Å²) in [4.78, 5) is 29.7. The van der Waals surface area contributed by atoms with Gasteiger partial charge in [-0.1, -0.05) is 12.1 Å². The van der Waals surface area contributed by atoms with Crippen LogP contribution in [0, 0.1) is 0 Å². The maximum Gasteiger partial charge on any atom is 0.325 e. The molecule has 0 N–H and O–H groups in total. The number of carbonyl (C=O) groups excluding carboxylic acids is 2. The number of fused-ring (bicyclic) bond motifs is 1. The van der Waals surface area contributed by atoms with Crippen LogP contribution in [0.1, 0.15) is 19.9 Å². The fraction of sp³-hybridized carbons (Fsp3) is 0.400. The van der Waals surface area contributed by atoms with E-state index in [1.807, 2.05) is 35.8 Å². The van der Waals surface area contributed by atoms with Crippen LogP contribution in [0.3, 0.4) is 0 Å². The zero-order chi connectivity index (χ0) is 15.4. The number of carbonyl (C=O) groups is 2. The van der Waals surface area contributed by atoms with Gasteiger partial charge in [-0.15, -0.1) is 0 Å². The molecule has 112 valence electrons. The van der Waals surface area contributed by atoms with Crippen molar-refractivity contribution in [2.45, 2.75) is 19.9 Å². The highest BCUT2D eigenvalue weighted by molar-refractivity contribution is 5.86. The second-order valence-electron chi connectivity index (χ2n) is 4.75. The van der Waals surface area contributed by atoms with E-state index in [-0.39, 0.29) is 12.5 Å². The molecule has 0 radical (unpaired) electrons. The first-order chi connectivity index (χ1) is 10.1. The van der Waals surface area contributed by atoms with Crippen LogP contribution >= 0.6 is 0 Å². The third kappa shape index (κ3) is 3.04. The number of aromatic nitrogens is 2. The van der Waals surface area contributed by atoms with Crippen molar-refractivity contribution in [3.63, 3.8) is 0 Å². The number of benzene rings is 1. The molecule has 0 spiro atoms. The van der Waals surface area contributed by atoms with Gasteiger partial charge in [0.05, 0.1) is 24.5 Å². The van der Waals surface area contributed by atoms with Crippen molar-refractivity contribution >= 4 is 22.9 Å². The molecule has 0 saturated heterocycles. The Labute approximate surface area is 123 Å². The second kappa shape index (κ2) is 6.39. The first kappa shape index (κ1) is 15.0. The Hall–Kier alpha value is -2.37. The molecule has 2 aromatic rings. The quantitative estimate of drug-likeness (QED) is 0.785. The number of rotatable bonds is 5. The smallest absolute Gasteiger partial charge is 0.325 e. The lowest BCUT2D eigenvalue weighted by Gasteiger charge is -2.24. The van der Waals surface area contributed by atoms with E-state index in [0.717, 1.165) is 11.0 Å². The molecule has 0 aliphatic rings. The van der Waals surface area contributed by atoms with Gasteiger partial charge in [0.2, 0.25) is 5.91 Å². The average molecular weight is 289 g/mol.